The quantitative estimate of drug-likeness (QED) is 0.534. The second kappa shape index (κ2) is 9.05. The topological polar surface area (TPSA) is 38.1 Å². The van der Waals surface area contributed by atoms with Gasteiger partial charge in [0, 0.05) is 41.5 Å². The molecule has 4 nitrogen and oxygen atoms in total. The van der Waals surface area contributed by atoms with Crippen molar-refractivity contribution in [1.82, 2.24) is 14.7 Å². The molecule has 1 amide bonds. The average Bonchev–Trinajstić information content (AvgIpc) is 2.96. The number of hydrogen-bond acceptors (Lipinski definition) is 2. The maximum atomic E-state index is 13.8. The van der Waals surface area contributed by atoms with Crippen LogP contribution in [0, 0.1) is 19.7 Å². The summed E-state index contributed by atoms with van der Waals surface area (Å²) in [6, 6.07) is 14.1. The molecule has 0 fully saturated rings. The number of hydrogen-bond donors (Lipinski definition) is 0. The van der Waals surface area contributed by atoms with Crippen LogP contribution in [0.1, 0.15) is 28.1 Å². The highest BCUT2D eigenvalue weighted by atomic mass is 35.5. The maximum absolute atomic E-state index is 13.8. The molecule has 0 unspecified atom stereocenters. The highest BCUT2D eigenvalue weighted by molar-refractivity contribution is 6.31. The number of rotatable bonds is 6. The van der Waals surface area contributed by atoms with E-state index in [4.69, 9.17) is 11.6 Å². The fourth-order valence-electron chi connectivity index (χ4n) is 3.14. The smallest absolute Gasteiger partial charge is 0.246 e. The molecule has 3 rings (SSSR count). The minimum Gasteiger partial charge on any atom is -0.338 e. The van der Waals surface area contributed by atoms with Gasteiger partial charge in [0.05, 0.1) is 12.2 Å². The first-order valence-corrected chi connectivity index (χ1v) is 9.68. The number of amides is 1. The predicted molar refractivity (Wildman–Crippen MR) is 114 cm³/mol. The van der Waals surface area contributed by atoms with Crippen LogP contribution in [-0.2, 0) is 17.9 Å². The Kier molecular flexibility index (Phi) is 6.49. The normalized spacial score (nSPS) is 11.2. The van der Waals surface area contributed by atoms with E-state index >= 15 is 0 Å². The summed E-state index contributed by atoms with van der Waals surface area (Å²) >= 11 is 6.26. The number of aryl methyl sites for hydroxylation is 1. The molecule has 1 aromatic heterocycles. The Morgan fingerprint density at radius 1 is 1.14 bits per heavy atom. The van der Waals surface area contributed by atoms with Crippen molar-refractivity contribution in [1.29, 1.82) is 0 Å². The summed E-state index contributed by atoms with van der Waals surface area (Å²) in [6.45, 7) is 4.63. The number of nitrogens with zero attached hydrogens (tertiary/aromatic N) is 3. The molecule has 0 saturated heterocycles. The van der Waals surface area contributed by atoms with Crippen LogP contribution in [0.2, 0.25) is 5.02 Å². The fourth-order valence-corrected chi connectivity index (χ4v) is 3.33. The standard InChI is InChI=1S/C23H23ClFN3O/c1-16-20(17(2)28(26-16)15-18-8-4-6-10-21(18)24)12-13-23(29)27(3)14-19-9-5-7-11-22(19)25/h4-13H,14-15H2,1-3H3/b13-12+. The van der Waals surface area contributed by atoms with Crippen molar-refractivity contribution in [3.63, 3.8) is 0 Å². The number of likely N-dealkylation sites (N-methyl/N-ethyl adjacent to an activating group) is 1. The molecule has 0 bridgehead atoms. The molecule has 0 radical (unpaired) electrons. The summed E-state index contributed by atoms with van der Waals surface area (Å²) in [5.41, 5.74) is 4.14. The number of aromatic nitrogens is 2. The van der Waals surface area contributed by atoms with Crippen molar-refractivity contribution >= 4 is 23.6 Å². The summed E-state index contributed by atoms with van der Waals surface area (Å²) < 4.78 is 15.7. The van der Waals surface area contributed by atoms with Gasteiger partial charge in [-0.05, 0) is 37.6 Å². The van der Waals surface area contributed by atoms with Crippen molar-refractivity contribution in [2.24, 2.45) is 0 Å². The van der Waals surface area contributed by atoms with E-state index < -0.39 is 0 Å². The van der Waals surface area contributed by atoms with E-state index in [9.17, 15) is 9.18 Å². The minimum atomic E-state index is -0.316. The van der Waals surface area contributed by atoms with Crippen molar-refractivity contribution in [2.45, 2.75) is 26.9 Å². The van der Waals surface area contributed by atoms with Gasteiger partial charge < -0.3 is 4.90 Å². The number of benzene rings is 2. The summed E-state index contributed by atoms with van der Waals surface area (Å²) in [6.07, 6.45) is 3.26. The summed E-state index contributed by atoms with van der Waals surface area (Å²) in [5.74, 6) is -0.519. The zero-order valence-electron chi connectivity index (χ0n) is 16.7. The van der Waals surface area contributed by atoms with Crippen molar-refractivity contribution in [2.75, 3.05) is 7.05 Å². The summed E-state index contributed by atoms with van der Waals surface area (Å²) in [4.78, 5) is 13.9. The van der Waals surface area contributed by atoms with Gasteiger partial charge in [0.2, 0.25) is 5.91 Å². The molecule has 0 spiro atoms. The summed E-state index contributed by atoms with van der Waals surface area (Å²) in [5, 5.41) is 5.28. The van der Waals surface area contributed by atoms with Gasteiger partial charge in [-0.15, -0.1) is 0 Å². The van der Waals surface area contributed by atoms with Crippen molar-refractivity contribution in [3.05, 3.63) is 93.5 Å². The van der Waals surface area contributed by atoms with E-state index in [2.05, 4.69) is 5.10 Å². The third-order valence-corrected chi connectivity index (χ3v) is 5.22. The third kappa shape index (κ3) is 4.93. The van der Waals surface area contributed by atoms with Crippen molar-refractivity contribution < 1.29 is 9.18 Å². The molecule has 6 heteroatoms. The molecule has 1 heterocycles. The van der Waals surface area contributed by atoms with E-state index in [1.54, 1.807) is 31.3 Å². The Bertz CT molecular complexity index is 1060. The molecule has 0 aliphatic carbocycles. The second-order valence-corrected chi connectivity index (χ2v) is 7.36. The van der Waals surface area contributed by atoms with E-state index in [1.807, 2.05) is 42.8 Å². The van der Waals surface area contributed by atoms with Gasteiger partial charge in [0.15, 0.2) is 0 Å². The first-order chi connectivity index (χ1) is 13.9. The zero-order chi connectivity index (χ0) is 21.0. The van der Waals surface area contributed by atoms with Crippen LogP contribution >= 0.6 is 11.6 Å². The molecule has 0 aliphatic rings. The van der Waals surface area contributed by atoms with E-state index in [0.29, 0.717) is 17.1 Å². The highest BCUT2D eigenvalue weighted by Gasteiger charge is 2.13. The van der Waals surface area contributed by atoms with Gasteiger partial charge in [0.1, 0.15) is 5.82 Å². The second-order valence-electron chi connectivity index (χ2n) is 6.95. The lowest BCUT2D eigenvalue weighted by molar-refractivity contribution is -0.125. The van der Waals surface area contributed by atoms with Crippen LogP contribution in [0.4, 0.5) is 4.39 Å². The van der Waals surface area contributed by atoms with Crippen LogP contribution in [0.25, 0.3) is 6.08 Å². The Hall–Kier alpha value is -2.92. The highest BCUT2D eigenvalue weighted by Crippen LogP contribution is 2.20. The van der Waals surface area contributed by atoms with Crippen LogP contribution in [0.5, 0.6) is 0 Å². The van der Waals surface area contributed by atoms with Crippen molar-refractivity contribution in [3.8, 4) is 0 Å². The molecular weight excluding hydrogens is 389 g/mol. The first-order valence-electron chi connectivity index (χ1n) is 9.31. The lowest BCUT2D eigenvalue weighted by Crippen LogP contribution is -2.24. The van der Waals surface area contributed by atoms with E-state index in [1.165, 1.54) is 17.0 Å². The molecule has 3 aromatic rings. The third-order valence-electron chi connectivity index (χ3n) is 4.85. The Labute approximate surface area is 175 Å². The molecule has 2 aromatic carbocycles. The van der Waals surface area contributed by atoms with E-state index in [0.717, 1.165) is 22.5 Å². The Balaban J connectivity index is 1.73. The van der Waals surface area contributed by atoms with Crippen LogP contribution in [0.15, 0.2) is 54.6 Å². The Morgan fingerprint density at radius 2 is 1.79 bits per heavy atom. The SMILES string of the molecule is Cc1nn(Cc2ccccc2Cl)c(C)c1/C=C/C(=O)N(C)Cc1ccccc1F. The number of carbonyl (C=O) groups is 1. The lowest BCUT2D eigenvalue weighted by atomic mass is 10.1. The molecular formula is C23H23ClFN3O. The lowest BCUT2D eigenvalue weighted by Gasteiger charge is -2.15. The number of carbonyl (C=O) groups excluding carboxylic acids is 1. The zero-order valence-corrected chi connectivity index (χ0v) is 17.4. The van der Waals surface area contributed by atoms with Crippen LogP contribution in [-0.4, -0.2) is 27.6 Å². The molecule has 0 atom stereocenters. The van der Waals surface area contributed by atoms with Gasteiger partial charge in [-0.3, -0.25) is 9.48 Å². The van der Waals surface area contributed by atoms with Gasteiger partial charge in [-0.25, -0.2) is 4.39 Å². The van der Waals surface area contributed by atoms with E-state index in [-0.39, 0.29) is 18.3 Å². The predicted octanol–water partition coefficient (Wildman–Crippen LogP) is 5.01. The fraction of sp³-hybridized carbons (Fsp3) is 0.217. The van der Waals surface area contributed by atoms with Gasteiger partial charge in [-0.2, -0.15) is 5.10 Å². The molecule has 0 aliphatic heterocycles. The van der Waals surface area contributed by atoms with Gasteiger partial charge in [-0.1, -0.05) is 48.0 Å². The largest absolute Gasteiger partial charge is 0.338 e. The van der Waals surface area contributed by atoms with Gasteiger partial charge in [0.25, 0.3) is 0 Å². The van der Waals surface area contributed by atoms with Crippen LogP contribution in [0.3, 0.4) is 0 Å². The molecule has 0 saturated carbocycles. The monoisotopic (exact) mass is 411 g/mol. The van der Waals surface area contributed by atoms with Gasteiger partial charge >= 0.3 is 0 Å². The minimum absolute atomic E-state index is 0.203. The Morgan fingerprint density at radius 3 is 2.48 bits per heavy atom. The molecule has 0 N–H and O–H groups in total. The molecule has 150 valence electrons. The number of halogens is 2. The maximum Gasteiger partial charge on any atom is 0.246 e. The summed E-state index contributed by atoms with van der Waals surface area (Å²) in [7, 11) is 1.65. The first kappa shape index (κ1) is 20.8. The van der Waals surface area contributed by atoms with Crippen LogP contribution < -0.4 is 0 Å². The average molecular weight is 412 g/mol. The molecule has 29 heavy (non-hydrogen) atoms.